The summed E-state index contributed by atoms with van der Waals surface area (Å²) >= 11 is 15.5. The van der Waals surface area contributed by atoms with E-state index >= 15 is 0 Å². The van der Waals surface area contributed by atoms with Crippen LogP contribution in [0.2, 0.25) is 8.67 Å². The van der Waals surface area contributed by atoms with Crippen LogP contribution < -0.4 is 0 Å². The summed E-state index contributed by atoms with van der Waals surface area (Å²) in [4.78, 5) is 20.0. The van der Waals surface area contributed by atoms with Crippen molar-refractivity contribution < 1.29 is 4.79 Å². The molecule has 0 saturated heterocycles. The fraction of sp³-hybridized carbons (Fsp3) is 0.640. The fourth-order valence-corrected chi connectivity index (χ4v) is 6.93. The van der Waals surface area contributed by atoms with E-state index in [1.165, 1.54) is 22.7 Å². The molecule has 0 saturated carbocycles. The van der Waals surface area contributed by atoms with Crippen LogP contribution >= 0.6 is 45.9 Å². The van der Waals surface area contributed by atoms with Crippen LogP contribution in [0, 0.1) is 0 Å². The molecular weight excluding hydrogens is 479 g/mol. The number of carbonyl (C=O) groups is 1. The third-order valence-corrected chi connectivity index (χ3v) is 8.51. The molecule has 32 heavy (non-hydrogen) atoms. The highest BCUT2D eigenvalue weighted by atomic mass is 35.5. The Balaban J connectivity index is 2.25. The lowest BCUT2D eigenvalue weighted by molar-refractivity contribution is 0.104. The molecule has 2 aromatic heterocycles. The first kappa shape index (κ1) is 27.8. The largest absolute Gasteiger partial charge is 0.298 e. The van der Waals surface area contributed by atoms with Gasteiger partial charge >= 0.3 is 0 Å². The van der Waals surface area contributed by atoms with E-state index in [1.807, 2.05) is 12.1 Å². The zero-order chi connectivity index (χ0) is 24.2. The summed E-state index contributed by atoms with van der Waals surface area (Å²) in [5.41, 5.74) is 2.08. The number of thiophene rings is 2. The van der Waals surface area contributed by atoms with E-state index in [2.05, 4.69) is 65.2 Å². The van der Waals surface area contributed by atoms with Gasteiger partial charge in [-0.15, -0.1) is 22.7 Å². The van der Waals surface area contributed by atoms with Gasteiger partial charge in [0.05, 0.1) is 18.4 Å². The van der Waals surface area contributed by atoms with Gasteiger partial charge in [0, 0.05) is 37.3 Å². The highest BCUT2D eigenvalue weighted by Crippen LogP contribution is 2.35. The van der Waals surface area contributed by atoms with Gasteiger partial charge in [-0.1, -0.05) is 23.2 Å². The molecule has 0 N–H and O–H groups in total. The van der Waals surface area contributed by atoms with Crippen molar-refractivity contribution in [1.82, 2.24) is 9.80 Å². The molecule has 3 nitrogen and oxygen atoms in total. The average Bonchev–Trinajstić information content (AvgIpc) is 3.22. The fourth-order valence-electron chi connectivity index (χ4n) is 4.37. The predicted molar refractivity (Wildman–Crippen MR) is 143 cm³/mol. The van der Waals surface area contributed by atoms with Gasteiger partial charge in [0.1, 0.15) is 0 Å². The van der Waals surface area contributed by atoms with Crippen LogP contribution in [0.25, 0.3) is 0 Å². The first-order valence-electron chi connectivity index (χ1n) is 11.5. The van der Waals surface area contributed by atoms with Crippen molar-refractivity contribution in [2.75, 3.05) is 13.1 Å². The molecule has 180 valence electrons. The van der Waals surface area contributed by atoms with E-state index < -0.39 is 0 Å². The summed E-state index contributed by atoms with van der Waals surface area (Å²) < 4.78 is 1.33. The summed E-state index contributed by atoms with van der Waals surface area (Å²) in [6, 6.07) is 5.75. The summed E-state index contributed by atoms with van der Waals surface area (Å²) in [6.45, 7) is 19.5. The summed E-state index contributed by atoms with van der Waals surface area (Å²) in [5, 5.41) is 0. The zero-order valence-corrected chi connectivity index (χ0v) is 23.8. The molecule has 2 rings (SSSR count). The van der Waals surface area contributed by atoms with Crippen molar-refractivity contribution in [2.24, 2.45) is 0 Å². The monoisotopic (exact) mass is 516 g/mol. The number of nitrogens with zero attached hydrogens (tertiary/aromatic N) is 2. The third kappa shape index (κ3) is 7.28. The maximum absolute atomic E-state index is 13.6. The van der Waals surface area contributed by atoms with Gasteiger partial charge in [-0.2, -0.15) is 0 Å². The Labute approximate surface area is 212 Å². The number of hydrogen-bond acceptors (Lipinski definition) is 5. The van der Waals surface area contributed by atoms with Crippen LogP contribution in [-0.4, -0.2) is 52.8 Å². The number of rotatable bonds is 12. The second-order valence-corrected chi connectivity index (χ2v) is 12.9. The minimum absolute atomic E-state index is 0.0603. The van der Waals surface area contributed by atoms with Crippen molar-refractivity contribution in [3.8, 4) is 0 Å². The Bertz CT molecular complexity index is 800. The van der Waals surface area contributed by atoms with E-state index in [0.717, 1.165) is 46.8 Å². The van der Waals surface area contributed by atoms with E-state index in [-0.39, 0.29) is 5.78 Å². The molecule has 0 radical (unpaired) electrons. The topological polar surface area (TPSA) is 23.6 Å². The first-order valence-corrected chi connectivity index (χ1v) is 13.9. The average molecular weight is 518 g/mol. The number of halogens is 2. The van der Waals surface area contributed by atoms with Gasteiger partial charge < -0.3 is 0 Å². The quantitative estimate of drug-likeness (QED) is 0.270. The van der Waals surface area contributed by atoms with Gasteiger partial charge in [0.25, 0.3) is 0 Å². The van der Waals surface area contributed by atoms with Crippen molar-refractivity contribution in [3.63, 3.8) is 0 Å². The molecule has 0 aromatic carbocycles. The van der Waals surface area contributed by atoms with E-state index in [9.17, 15) is 4.79 Å². The maximum Gasteiger partial charge on any atom is 0.213 e. The van der Waals surface area contributed by atoms with Crippen LogP contribution in [0.4, 0.5) is 0 Å². The second-order valence-electron chi connectivity index (χ2n) is 9.49. The molecule has 0 amide bonds. The molecular formula is C25H38Cl2N2OS2. The summed E-state index contributed by atoms with van der Waals surface area (Å²) in [5.74, 6) is 0.0603. The minimum atomic E-state index is 0.0603. The molecule has 2 aromatic rings. The van der Waals surface area contributed by atoms with Gasteiger partial charge in [-0.05, 0) is 91.5 Å². The molecule has 0 aliphatic carbocycles. The number of hydrogen-bond donors (Lipinski definition) is 0. The number of ketones is 1. The number of carbonyl (C=O) groups excluding carboxylic acids is 1. The van der Waals surface area contributed by atoms with Gasteiger partial charge in [0.15, 0.2) is 0 Å². The lowest BCUT2D eigenvalue weighted by Gasteiger charge is -2.30. The summed E-state index contributed by atoms with van der Waals surface area (Å²) in [7, 11) is 0. The molecule has 0 aliphatic rings. The molecule has 0 fully saturated rings. The van der Waals surface area contributed by atoms with Crippen LogP contribution in [0.5, 0.6) is 0 Å². The van der Waals surface area contributed by atoms with Gasteiger partial charge in [-0.3, -0.25) is 14.6 Å². The van der Waals surface area contributed by atoms with Crippen molar-refractivity contribution in [3.05, 3.63) is 41.7 Å². The Morgan fingerprint density at radius 3 is 1.31 bits per heavy atom. The van der Waals surface area contributed by atoms with Crippen LogP contribution in [0.3, 0.4) is 0 Å². The highest BCUT2D eigenvalue weighted by molar-refractivity contribution is 7.21. The Kier molecular flexibility index (Phi) is 10.7. The zero-order valence-electron chi connectivity index (χ0n) is 20.7. The van der Waals surface area contributed by atoms with Crippen molar-refractivity contribution >= 4 is 51.7 Å². The molecule has 0 bridgehead atoms. The van der Waals surface area contributed by atoms with Crippen LogP contribution in [-0.2, 0) is 12.8 Å². The van der Waals surface area contributed by atoms with E-state index in [1.54, 1.807) is 0 Å². The van der Waals surface area contributed by atoms with Crippen molar-refractivity contribution in [1.29, 1.82) is 0 Å². The Morgan fingerprint density at radius 1 is 0.719 bits per heavy atom. The first-order chi connectivity index (χ1) is 14.9. The van der Waals surface area contributed by atoms with Crippen molar-refractivity contribution in [2.45, 2.75) is 92.4 Å². The second kappa shape index (κ2) is 12.3. The Morgan fingerprint density at radius 2 is 1.03 bits per heavy atom. The minimum Gasteiger partial charge on any atom is -0.298 e. The van der Waals surface area contributed by atoms with Crippen LogP contribution in [0.15, 0.2) is 12.1 Å². The molecule has 0 atom stereocenters. The standard InChI is InChI=1S/C25H38Cl2N2OS2/c1-15(2)28(16(3)4)11-9-19-13-21(26)31-24(19)23(30)25-20(14-22(27)32-25)10-12-29(17(5)6)18(7)8/h13-18H,9-12H2,1-8H3. The lowest BCUT2D eigenvalue weighted by atomic mass is 10.0. The third-order valence-electron chi connectivity index (χ3n) is 5.90. The highest BCUT2D eigenvalue weighted by Gasteiger charge is 2.24. The molecule has 0 aliphatic heterocycles. The SMILES string of the molecule is CC(C)N(CCc1cc(Cl)sc1C(=O)c1sc(Cl)cc1CCN(C(C)C)C(C)C)C(C)C. The summed E-state index contributed by atoms with van der Waals surface area (Å²) in [6.07, 6.45) is 1.62. The lowest BCUT2D eigenvalue weighted by Crippen LogP contribution is -2.38. The van der Waals surface area contributed by atoms with Gasteiger partial charge in [-0.25, -0.2) is 0 Å². The molecule has 7 heteroatoms. The van der Waals surface area contributed by atoms with Gasteiger partial charge in [0.2, 0.25) is 5.78 Å². The smallest absolute Gasteiger partial charge is 0.213 e. The van der Waals surface area contributed by atoms with E-state index in [0.29, 0.717) is 32.8 Å². The molecule has 0 unspecified atom stereocenters. The maximum atomic E-state index is 13.6. The molecule has 2 heterocycles. The van der Waals surface area contributed by atoms with Crippen LogP contribution in [0.1, 0.15) is 81.1 Å². The predicted octanol–water partition coefficient (Wildman–Crippen LogP) is 7.67. The molecule has 0 spiro atoms. The normalized spacial score (nSPS) is 12.5. The Hall–Kier alpha value is -0.430. The van der Waals surface area contributed by atoms with E-state index in [4.69, 9.17) is 23.2 Å².